The van der Waals surface area contributed by atoms with E-state index in [9.17, 15) is 9.59 Å². The first-order chi connectivity index (χ1) is 7.71. The van der Waals surface area contributed by atoms with E-state index in [1.165, 1.54) is 11.3 Å². The Labute approximate surface area is 104 Å². The molecule has 0 atom stereocenters. The fourth-order valence-electron chi connectivity index (χ4n) is 1.53. The van der Waals surface area contributed by atoms with E-state index < -0.39 is 11.5 Å². The molecule has 94 valence electrons. The second-order valence-electron chi connectivity index (χ2n) is 4.56. The molecule has 0 aliphatic rings. The van der Waals surface area contributed by atoms with E-state index in [4.69, 9.17) is 5.11 Å². The van der Waals surface area contributed by atoms with Crippen molar-refractivity contribution in [2.24, 2.45) is 0 Å². The van der Waals surface area contributed by atoms with Crippen molar-refractivity contribution in [1.82, 2.24) is 10.3 Å². The number of nitrogens with one attached hydrogen (secondary N) is 1. The van der Waals surface area contributed by atoms with Gasteiger partial charge in [-0.15, -0.1) is 11.3 Å². The van der Waals surface area contributed by atoms with Gasteiger partial charge in [-0.2, -0.15) is 0 Å². The predicted molar refractivity (Wildman–Crippen MR) is 65.4 cm³/mol. The Kier molecular flexibility index (Phi) is 3.87. The van der Waals surface area contributed by atoms with Gasteiger partial charge in [-0.05, 0) is 27.7 Å². The van der Waals surface area contributed by atoms with Gasteiger partial charge < -0.3 is 10.4 Å². The van der Waals surface area contributed by atoms with Gasteiger partial charge in [0.15, 0.2) is 0 Å². The van der Waals surface area contributed by atoms with Crippen LogP contribution in [-0.4, -0.2) is 27.5 Å². The molecule has 0 bridgehead atoms. The Morgan fingerprint density at radius 1 is 1.41 bits per heavy atom. The van der Waals surface area contributed by atoms with Crippen molar-refractivity contribution in [2.45, 2.75) is 39.7 Å². The molecule has 1 aromatic heterocycles. The highest BCUT2D eigenvalue weighted by molar-refractivity contribution is 7.13. The summed E-state index contributed by atoms with van der Waals surface area (Å²) in [7, 11) is 0. The molecule has 2 N–H and O–H groups in total. The highest BCUT2D eigenvalue weighted by Gasteiger charge is 2.26. The number of aryl methyl sites for hydroxylation is 2. The van der Waals surface area contributed by atoms with E-state index in [-0.39, 0.29) is 12.3 Å². The van der Waals surface area contributed by atoms with Gasteiger partial charge in [0.05, 0.1) is 17.1 Å². The number of carbonyl (C=O) groups is 2. The van der Waals surface area contributed by atoms with Crippen molar-refractivity contribution in [3.8, 4) is 0 Å². The number of carbonyl (C=O) groups excluding carboxylic acids is 1. The van der Waals surface area contributed by atoms with Gasteiger partial charge in [0.25, 0.3) is 5.91 Å². The predicted octanol–water partition coefficient (Wildman–Crippen LogP) is 1.74. The number of rotatable bonds is 4. The topological polar surface area (TPSA) is 79.3 Å². The molecule has 17 heavy (non-hydrogen) atoms. The Morgan fingerprint density at radius 2 is 2.00 bits per heavy atom. The van der Waals surface area contributed by atoms with Crippen molar-refractivity contribution in [3.63, 3.8) is 0 Å². The summed E-state index contributed by atoms with van der Waals surface area (Å²) in [6.45, 7) is 6.96. The maximum Gasteiger partial charge on any atom is 0.305 e. The first-order valence-corrected chi connectivity index (χ1v) is 6.01. The molecule has 0 aliphatic carbocycles. The molecule has 0 aromatic carbocycles. The molecular weight excluding hydrogens is 240 g/mol. The van der Waals surface area contributed by atoms with Crippen LogP contribution in [0.25, 0.3) is 0 Å². The van der Waals surface area contributed by atoms with Crippen molar-refractivity contribution in [3.05, 3.63) is 15.6 Å². The van der Waals surface area contributed by atoms with E-state index in [1.54, 1.807) is 20.8 Å². The van der Waals surface area contributed by atoms with Gasteiger partial charge in [0.1, 0.15) is 4.88 Å². The average molecular weight is 256 g/mol. The fourth-order valence-corrected chi connectivity index (χ4v) is 2.34. The summed E-state index contributed by atoms with van der Waals surface area (Å²) in [6.07, 6.45) is -0.116. The summed E-state index contributed by atoms with van der Waals surface area (Å²) >= 11 is 1.31. The van der Waals surface area contributed by atoms with E-state index >= 15 is 0 Å². The van der Waals surface area contributed by atoms with E-state index in [2.05, 4.69) is 10.3 Å². The summed E-state index contributed by atoms with van der Waals surface area (Å²) in [6, 6.07) is 0. The highest BCUT2D eigenvalue weighted by Crippen LogP contribution is 2.18. The number of carboxylic acid groups (broad SMARTS) is 1. The van der Waals surface area contributed by atoms with Crippen LogP contribution in [0.1, 0.15) is 40.6 Å². The zero-order valence-electron chi connectivity index (χ0n) is 10.3. The maximum absolute atomic E-state index is 11.9. The number of thiazole rings is 1. The highest BCUT2D eigenvalue weighted by atomic mass is 32.1. The molecule has 1 amide bonds. The lowest BCUT2D eigenvalue weighted by Crippen LogP contribution is -2.44. The van der Waals surface area contributed by atoms with Crippen LogP contribution in [0.5, 0.6) is 0 Å². The Balaban J connectivity index is 2.79. The number of carboxylic acids is 1. The number of hydrogen-bond donors (Lipinski definition) is 2. The van der Waals surface area contributed by atoms with Gasteiger partial charge in [0, 0.05) is 5.54 Å². The van der Waals surface area contributed by atoms with Crippen LogP contribution in [0, 0.1) is 13.8 Å². The van der Waals surface area contributed by atoms with Crippen LogP contribution < -0.4 is 5.32 Å². The second kappa shape index (κ2) is 4.83. The molecule has 0 fully saturated rings. The van der Waals surface area contributed by atoms with Crippen LogP contribution in [-0.2, 0) is 4.79 Å². The fraction of sp³-hybridized carbons (Fsp3) is 0.545. The Bertz CT molecular complexity index is 452. The number of hydrogen-bond acceptors (Lipinski definition) is 4. The van der Waals surface area contributed by atoms with Crippen LogP contribution in [0.4, 0.5) is 0 Å². The summed E-state index contributed by atoms with van der Waals surface area (Å²) in [4.78, 5) is 27.3. The lowest BCUT2D eigenvalue weighted by Gasteiger charge is -2.23. The van der Waals surface area contributed by atoms with Crippen LogP contribution >= 0.6 is 11.3 Å². The van der Waals surface area contributed by atoms with E-state index in [0.29, 0.717) is 10.6 Å². The molecule has 0 spiro atoms. The molecular formula is C11H16N2O3S. The van der Waals surface area contributed by atoms with Crippen LogP contribution in [0.2, 0.25) is 0 Å². The zero-order valence-corrected chi connectivity index (χ0v) is 11.1. The number of nitrogens with zero attached hydrogens (tertiary/aromatic N) is 1. The Hall–Kier alpha value is -1.43. The molecule has 1 rings (SSSR count). The first kappa shape index (κ1) is 13.6. The number of aliphatic carboxylic acids is 1. The third-order valence-corrected chi connectivity index (χ3v) is 3.23. The minimum Gasteiger partial charge on any atom is -0.481 e. The lowest BCUT2D eigenvalue weighted by atomic mass is 10.0. The normalized spacial score (nSPS) is 11.3. The molecule has 0 saturated heterocycles. The van der Waals surface area contributed by atoms with Gasteiger partial charge in [-0.3, -0.25) is 9.59 Å². The van der Waals surface area contributed by atoms with E-state index in [0.717, 1.165) is 5.01 Å². The molecule has 0 radical (unpaired) electrons. The minimum absolute atomic E-state index is 0.116. The summed E-state index contributed by atoms with van der Waals surface area (Å²) in [5.41, 5.74) is -0.0936. The van der Waals surface area contributed by atoms with Crippen molar-refractivity contribution in [1.29, 1.82) is 0 Å². The van der Waals surface area contributed by atoms with Crippen LogP contribution in [0.3, 0.4) is 0 Å². The molecule has 0 aliphatic heterocycles. The third-order valence-electron chi connectivity index (χ3n) is 2.15. The second-order valence-corrected chi connectivity index (χ2v) is 5.76. The van der Waals surface area contributed by atoms with Crippen molar-refractivity contribution in [2.75, 3.05) is 0 Å². The summed E-state index contributed by atoms with van der Waals surface area (Å²) in [5, 5.41) is 12.3. The largest absolute Gasteiger partial charge is 0.481 e. The summed E-state index contributed by atoms with van der Waals surface area (Å²) in [5.74, 6) is -1.20. The molecule has 1 aromatic rings. The average Bonchev–Trinajstić information content (AvgIpc) is 2.41. The van der Waals surface area contributed by atoms with Gasteiger partial charge in [-0.1, -0.05) is 0 Å². The maximum atomic E-state index is 11.9. The molecule has 1 heterocycles. The third kappa shape index (κ3) is 3.81. The SMILES string of the molecule is Cc1nc(C)c(C(=O)NC(C)(C)CC(=O)O)s1. The summed E-state index contributed by atoms with van der Waals surface area (Å²) < 4.78 is 0. The zero-order chi connectivity index (χ0) is 13.2. The monoisotopic (exact) mass is 256 g/mol. The van der Waals surface area contributed by atoms with Gasteiger partial charge in [-0.25, -0.2) is 4.98 Å². The van der Waals surface area contributed by atoms with Crippen LogP contribution in [0.15, 0.2) is 0 Å². The Morgan fingerprint density at radius 3 is 2.41 bits per heavy atom. The molecule has 0 unspecified atom stereocenters. The van der Waals surface area contributed by atoms with Gasteiger partial charge in [0.2, 0.25) is 0 Å². The number of amides is 1. The van der Waals surface area contributed by atoms with Gasteiger partial charge >= 0.3 is 5.97 Å². The minimum atomic E-state index is -0.937. The van der Waals surface area contributed by atoms with E-state index in [1.807, 2.05) is 6.92 Å². The van der Waals surface area contributed by atoms with Crippen molar-refractivity contribution < 1.29 is 14.7 Å². The quantitative estimate of drug-likeness (QED) is 0.860. The first-order valence-electron chi connectivity index (χ1n) is 5.19. The molecule has 5 nitrogen and oxygen atoms in total. The standard InChI is InChI=1S/C11H16N2O3S/c1-6-9(17-7(2)12-6)10(16)13-11(3,4)5-8(14)15/h5H2,1-4H3,(H,13,16)(H,14,15). The van der Waals surface area contributed by atoms with Crippen molar-refractivity contribution >= 4 is 23.2 Å². The molecule has 0 saturated carbocycles. The number of aromatic nitrogens is 1. The smallest absolute Gasteiger partial charge is 0.305 e. The molecule has 6 heteroatoms. The lowest BCUT2D eigenvalue weighted by molar-refractivity contribution is -0.138.